The molecule has 0 saturated heterocycles. The van der Waals surface area contributed by atoms with Crippen molar-refractivity contribution in [1.29, 1.82) is 0 Å². The van der Waals surface area contributed by atoms with Crippen LogP contribution in [0.15, 0.2) is 0 Å². The van der Waals surface area contributed by atoms with Crippen molar-refractivity contribution >= 4 is 5.91 Å². The fourth-order valence-corrected chi connectivity index (χ4v) is 0.477. The van der Waals surface area contributed by atoms with Crippen molar-refractivity contribution in [2.75, 3.05) is 20.6 Å². The summed E-state index contributed by atoms with van der Waals surface area (Å²) in [5.74, 6) is 0.153. The lowest BCUT2D eigenvalue weighted by atomic mass is 10.3. The van der Waals surface area contributed by atoms with Gasteiger partial charge in [0.05, 0.1) is 0 Å². The lowest BCUT2D eigenvalue weighted by Crippen LogP contribution is -2.22. The average molecular weight is 130 g/mol. The Morgan fingerprint density at radius 3 is 2.44 bits per heavy atom. The van der Waals surface area contributed by atoms with E-state index in [1.54, 1.807) is 19.0 Å². The average Bonchev–Trinajstić information content (AvgIpc) is 1.82. The molecule has 0 unspecified atom stereocenters. The zero-order valence-electron chi connectivity index (χ0n) is 6.05. The van der Waals surface area contributed by atoms with Crippen molar-refractivity contribution in [3.63, 3.8) is 0 Å². The summed E-state index contributed by atoms with van der Waals surface area (Å²) in [5.41, 5.74) is 5.21. The predicted molar refractivity (Wildman–Crippen MR) is 37.0 cm³/mol. The first-order chi connectivity index (χ1) is 4.18. The lowest BCUT2D eigenvalue weighted by molar-refractivity contribution is -0.128. The fourth-order valence-electron chi connectivity index (χ4n) is 0.477. The molecule has 0 fully saturated rings. The number of hydrogen-bond acceptors (Lipinski definition) is 2. The first-order valence-corrected chi connectivity index (χ1v) is 3.08. The van der Waals surface area contributed by atoms with E-state index in [4.69, 9.17) is 5.73 Å². The second-order valence-electron chi connectivity index (χ2n) is 2.18. The molecule has 0 saturated carbocycles. The number of hydrogen-bond donors (Lipinski definition) is 1. The van der Waals surface area contributed by atoms with Gasteiger partial charge in [0.2, 0.25) is 5.91 Å². The van der Waals surface area contributed by atoms with Crippen molar-refractivity contribution in [1.82, 2.24) is 4.90 Å². The zero-order chi connectivity index (χ0) is 7.28. The van der Waals surface area contributed by atoms with Crippen LogP contribution in [-0.4, -0.2) is 31.4 Å². The molecule has 3 nitrogen and oxygen atoms in total. The molecular formula is C6H14N2O. The van der Waals surface area contributed by atoms with Gasteiger partial charge in [-0.15, -0.1) is 0 Å². The summed E-state index contributed by atoms with van der Waals surface area (Å²) in [4.78, 5) is 12.4. The standard InChI is InChI=1S/C6H14N2O/c1-8(2)6(9)4-3-5-7/h3-5,7H2,1-2H3. The van der Waals surface area contributed by atoms with Gasteiger partial charge in [-0.3, -0.25) is 4.79 Å². The molecule has 0 spiro atoms. The van der Waals surface area contributed by atoms with Gasteiger partial charge in [-0.2, -0.15) is 0 Å². The van der Waals surface area contributed by atoms with Crippen molar-refractivity contribution in [3.8, 4) is 0 Å². The Labute approximate surface area is 55.8 Å². The highest BCUT2D eigenvalue weighted by molar-refractivity contribution is 5.75. The number of rotatable bonds is 3. The molecule has 0 aliphatic carbocycles. The van der Waals surface area contributed by atoms with Crippen molar-refractivity contribution in [3.05, 3.63) is 0 Å². The number of amides is 1. The van der Waals surface area contributed by atoms with Crippen LogP contribution in [0, 0.1) is 0 Å². The van der Waals surface area contributed by atoms with E-state index in [0.29, 0.717) is 13.0 Å². The minimum atomic E-state index is 0.153. The third-order valence-corrected chi connectivity index (χ3v) is 1.09. The molecule has 0 aromatic rings. The van der Waals surface area contributed by atoms with E-state index in [9.17, 15) is 4.79 Å². The third-order valence-electron chi connectivity index (χ3n) is 1.09. The summed E-state index contributed by atoms with van der Waals surface area (Å²) in [6.07, 6.45) is 1.36. The van der Waals surface area contributed by atoms with E-state index in [0.717, 1.165) is 6.42 Å². The van der Waals surface area contributed by atoms with Crippen LogP contribution in [-0.2, 0) is 4.79 Å². The topological polar surface area (TPSA) is 46.3 Å². The SMILES string of the molecule is CN(C)C(=O)CCCN. The van der Waals surface area contributed by atoms with Crippen LogP contribution in [0.2, 0.25) is 0 Å². The quantitative estimate of drug-likeness (QED) is 0.575. The molecule has 0 aromatic heterocycles. The van der Waals surface area contributed by atoms with Crippen LogP contribution >= 0.6 is 0 Å². The normalized spacial score (nSPS) is 9.22. The minimum Gasteiger partial charge on any atom is -0.349 e. The molecule has 0 aliphatic heterocycles. The molecule has 0 bridgehead atoms. The lowest BCUT2D eigenvalue weighted by Gasteiger charge is -2.08. The van der Waals surface area contributed by atoms with Gasteiger partial charge in [-0.25, -0.2) is 0 Å². The van der Waals surface area contributed by atoms with Crippen molar-refractivity contribution in [2.24, 2.45) is 5.73 Å². The van der Waals surface area contributed by atoms with E-state index in [1.807, 2.05) is 0 Å². The molecule has 2 N–H and O–H groups in total. The fraction of sp³-hybridized carbons (Fsp3) is 0.833. The van der Waals surface area contributed by atoms with Gasteiger partial charge >= 0.3 is 0 Å². The maximum Gasteiger partial charge on any atom is 0.222 e. The summed E-state index contributed by atoms with van der Waals surface area (Å²) < 4.78 is 0. The molecule has 0 aromatic carbocycles. The summed E-state index contributed by atoms with van der Waals surface area (Å²) >= 11 is 0. The Hall–Kier alpha value is -0.570. The monoisotopic (exact) mass is 130 g/mol. The number of nitrogens with two attached hydrogens (primary N) is 1. The van der Waals surface area contributed by atoms with Gasteiger partial charge in [0, 0.05) is 20.5 Å². The Balaban J connectivity index is 3.28. The molecule has 1 amide bonds. The summed E-state index contributed by atoms with van der Waals surface area (Å²) in [6.45, 7) is 0.597. The van der Waals surface area contributed by atoms with Crippen molar-refractivity contribution in [2.45, 2.75) is 12.8 Å². The summed E-state index contributed by atoms with van der Waals surface area (Å²) in [6, 6.07) is 0. The molecule has 54 valence electrons. The largest absolute Gasteiger partial charge is 0.349 e. The molecule has 9 heavy (non-hydrogen) atoms. The maximum absolute atomic E-state index is 10.8. The van der Waals surface area contributed by atoms with E-state index in [-0.39, 0.29) is 5.91 Å². The molecular weight excluding hydrogens is 116 g/mol. The van der Waals surface area contributed by atoms with Crippen LogP contribution in [0.3, 0.4) is 0 Å². The second kappa shape index (κ2) is 4.32. The first-order valence-electron chi connectivity index (χ1n) is 3.08. The first kappa shape index (κ1) is 8.43. The molecule has 0 aliphatic rings. The van der Waals surface area contributed by atoms with Crippen LogP contribution in [0.1, 0.15) is 12.8 Å². The maximum atomic E-state index is 10.8. The molecule has 0 atom stereocenters. The van der Waals surface area contributed by atoms with E-state index in [1.165, 1.54) is 0 Å². The smallest absolute Gasteiger partial charge is 0.222 e. The van der Waals surface area contributed by atoms with E-state index in [2.05, 4.69) is 0 Å². The molecule has 3 heteroatoms. The van der Waals surface area contributed by atoms with Gasteiger partial charge in [0.1, 0.15) is 0 Å². The highest BCUT2D eigenvalue weighted by Crippen LogP contribution is 1.89. The Bertz CT molecular complexity index is 91.1. The van der Waals surface area contributed by atoms with E-state index >= 15 is 0 Å². The molecule has 0 rings (SSSR count). The van der Waals surface area contributed by atoms with E-state index < -0.39 is 0 Å². The van der Waals surface area contributed by atoms with Gasteiger partial charge in [0.25, 0.3) is 0 Å². The van der Waals surface area contributed by atoms with Gasteiger partial charge in [-0.1, -0.05) is 0 Å². The Morgan fingerprint density at radius 1 is 1.56 bits per heavy atom. The molecule has 0 radical (unpaired) electrons. The number of carbonyl (C=O) groups excluding carboxylic acids is 1. The van der Waals surface area contributed by atoms with Crippen LogP contribution in [0.5, 0.6) is 0 Å². The van der Waals surface area contributed by atoms with Gasteiger partial charge in [0.15, 0.2) is 0 Å². The highest BCUT2D eigenvalue weighted by atomic mass is 16.2. The number of nitrogens with zero attached hydrogens (tertiary/aromatic N) is 1. The van der Waals surface area contributed by atoms with Crippen LogP contribution < -0.4 is 5.73 Å². The third kappa shape index (κ3) is 3.97. The van der Waals surface area contributed by atoms with Gasteiger partial charge in [-0.05, 0) is 13.0 Å². The Morgan fingerprint density at radius 2 is 2.11 bits per heavy atom. The van der Waals surface area contributed by atoms with Gasteiger partial charge < -0.3 is 10.6 Å². The highest BCUT2D eigenvalue weighted by Gasteiger charge is 2.00. The van der Waals surface area contributed by atoms with Crippen LogP contribution in [0.4, 0.5) is 0 Å². The summed E-state index contributed by atoms with van der Waals surface area (Å²) in [7, 11) is 3.50. The zero-order valence-corrected chi connectivity index (χ0v) is 6.05. The molecule has 0 heterocycles. The minimum absolute atomic E-state index is 0.153. The summed E-state index contributed by atoms with van der Waals surface area (Å²) in [5, 5.41) is 0. The Kier molecular flexibility index (Phi) is 4.05. The van der Waals surface area contributed by atoms with Crippen LogP contribution in [0.25, 0.3) is 0 Å². The van der Waals surface area contributed by atoms with Crippen molar-refractivity contribution < 1.29 is 4.79 Å². The second-order valence-corrected chi connectivity index (χ2v) is 2.18. The predicted octanol–water partition coefficient (Wildman–Crippen LogP) is -0.186. The number of carbonyl (C=O) groups is 1.